The van der Waals surface area contributed by atoms with Crippen LogP contribution in [-0.2, 0) is 4.79 Å². The second kappa shape index (κ2) is 9.70. The molecule has 0 aromatic heterocycles. The number of unbranched alkanes of at least 4 members (excludes halogenated alkanes) is 1. The summed E-state index contributed by atoms with van der Waals surface area (Å²) in [5, 5.41) is 8.79. The first-order valence-electron chi connectivity index (χ1n) is 6.14. The number of nitrogens with two attached hydrogens (primary N) is 1. The highest BCUT2D eigenvalue weighted by molar-refractivity contribution is 5.53. The molecule has 1 rings (SSSR count). The van der Waals surface area contributed by atoms with Crippen LogP contribution in [0.5, 0.6) is 5.75 Å². The Bertz CT molecular complexity index is 292. The van der Waals surface area contributed by atoms with Gasteiger partial charge in [0, 0.05) is 5.92 Å². The Morgan fingerprint density at radius 2 is 2.00 bits per heavy atom. The van der Waals surface area contributed by atoms with Gasteiger partial charge in [0.25, 0.3) is 0 Å². The third-order valence-electron chi connectivity index (χ3n) is 2.58. The number of rotatable bonds is 5. The Morgan fingerprint density at radius 1 is 1.35 bits per heavy atom. The van der Waals surface area contributed by atoms with Crippen molar-refractivity contribution in [3.63, 3.8) is 0 Å². The van der Waals surface area contributed by atoms with Gasteiger partial charge in [0.2, 0.25) is 0 Å². The maximum Gasteiger partial charge on any atom is 0.138 e. The zero-order valence-electron chi connectivity index (χ0n) is 10.7. The molecule has 0 fully saturated rings. The second-order valence-electron chi connectivity index (χ2n) is 4.01. The Labute approximate surface area is 104 Å². The normalized spacial score (nSPS) is 11.2. The fraction of sp³-hybridized carbons (Fsp3) is 0.500. The van der Waals surface area contributed by atoms with Crippen LogP contribution in [0.4, 0.5) is 5.69 Å². The van der Waals surface area contributed by atoms with Crippen molar-refractivity contribution in [3.05, 3.63) is 24.3 Å². The van der Waals surface area contributed by atoms with Crippen molar-refractivity contribution >= 4 is 12.0 Å². The van der Waals surface area contributed by atoms with Crippen LogP contribution >= 0.6 is 0 Å². The lowest BCUT2D eigenvalue weighted by Gasteiger charge is -2.03. The number of hydrogen-bond donors (Lipinski definition) is 2. The molecular weight excluding hydrogens is 214 g/mol. The van der Waals surface area contributed by atoms with Gasteiger partial charge in [0.05, 0.1) is 5.69 Å². The van der Waals surface area contributed by atoms with E-state index in [1.807, 2.05) is 0 Å². The average molecular weight is 237 g/mol. The highest BCUT2D eigenvalue weighted by atomic mass is 16.3. The number of carbonyl (C=O) groups is 1. The summed E-state index contributed by atoms with van der Waals surface area (Å²) in [6.45, 7) is 4.21. The van der Waals surface area contributed by atoms with Gasteiger partial charge in [-0.2, -0.15) is 0 Å². The summed E-state index contributed by atoms with van der Waals surface area (Å²) in [7, 11) is 0. The Kier molecular flexibility index (Phi) is 8.84. The summed E-state index contributed by atoms with van der Waals surface area (Å²) in [4.78, 5) is 10.2. The fourth-order valence-electron chi connectivity index (χ4n) is 1.32. The zero-order chi connectivity index (χ0) is 13.1. The molecular formula is C14H23NO2. The fourth-order valence-corrected chi connectivity index (χ4v) is 1.32. The Morgan fingerprint density at radius 3 is 2.35 bits per heavy atom. The largest absolute Gasteiger partial charge is 0.506 e. The van der Waals surface area contributed by atoms with Crippen LogP contribution in [-0.4, -0.2) is 11.4 Å². The number of aromatic hydroxyl groups is 1. The first kappa shape index (κ1) is 15.5. The van der Waals surface area contributed by atoms with Crippen molar-refractivity contribution in [2.75, 3.05) is 5.73 Å². The van der Waals surface area contributed by atoms with E-state index in [0.717, 1.165) is 19.1 Å². The number of benzene rings is 1. The van der Waals surface area contributed by atoms with E-state index in [2.05, 4.69) is 13.8 Å². The van der Waals surface area contributed by atoms with Crippen LogP contribution in [0.1, 0.15) is 39.5 Å². The third-order valence-corrected chi connectivity index (χ3v) is 2.58. The van der Waals surface area contributed by atoms with E-state index >= 15 is 0 Å². The van der Waals surface area contributed by atoms with Gasteiger partial charge in [-0.25, -0.2) is 0 Å². The molecule has 3 heteroatoms. The number of carbonyl (C=O) groups excluding carboxylic acids is 1. The first-order valence-corrected chi connectivity index (χ1v) is 6.14. The number of para-hydroxylation sites is 2. The van der Waals surface area contributed by atoms with E-state index in [1.54, 1.807) is 24.3 Å². The van der Waals surface area contributed by atoms with E-state index in [9.17, 15) is 4.79 Å². The molecule has 17 heavy (non-hydrogen) atoms. The van der Waals surface area contributed by atoms with Crippen molar-refractivity contribution in [2.45, 2.75) is 39.5 Å². The minimum atomic E-state index is 0.146. The SMILES string of the molecule is CCCCC(C=O)CC.Nc1ccccc1O. The highest BCUT2D eigenvalue weighted by Gasteiger charge is 2.01. The van der Waals surface area contributed by atoms with E-state index in [4.69, 9.17) is 10.8 Å². The lowest BCUT2D eigenvalue weighted by Crippen LogP contribution is -1.98. The monoisotopic (exact) mass is 237 g/mol. The lowest BCUT2D eigenvalue weighted by atomic mass is 10.0. The quantitative estimate of drug-likeness (QED) is 0.469. The van der Waals surface area contributed by atoms with Crippen LogP contribution in [0.25, 0.3) is 0 Å². The number of anilines is 1. The molecule has 0 bridgehead atoms. The van der Waals surface area contributed by atoms with Crippen molar-refractivity contribution < 1.29 is 9.90 Å². The molecule has 0 saturated carbocycles. The lowest BCUT2D eigenvalue weighted by molar-refractivity contribution is -0.111. The van der Waals surface area contributed by atoms with Gasteiger partial charge in [-0.1, -0.05) is 38.8 Å². The van der Waals surface area contributed by atoms with Crippen molar-refractivity contribution in [3.8, 4) is 5.75 Å². The molecule has 0 aliphatic rings. The van der Waals surface area contributed by atoms with Gasteiger partial charge in [0.15, 0.2) is 0 Å². The van der Waals surface area contributed by atoms with E-state index in [1.165, 1.54) is 12.8 Å². The highest BCUT2D eigenvalue weighted by Crippen LogP contribution is 2.16. The van der Waals surface area contributed by atoms with Gasteiger partial charge in [-0.05, 0) is 25.0 Å². The summed E-state index contributed by atoms with van der Waals surface area (Å²) in [6, 6.07) is 6.70. The van der Waals surface area contributed by atoms with Gasteiger partial charge in [-0.3, -0.25) is 0 Å². The summed E-state index contributed by atoms with van der Waals surface area (Å²) < 4.78 is 0. The van der Waals surface area contributed by atoms with Crippen LogP contribution < -0.4 is 5.73 Å². The summed E-state index contributed by atoms with van der Waals surface area (Å²) >= 11 is 0. The van der Waals surface area contributed by atoms with Crippen LogP contribution in [0.2, 0.25) is 0 Å². The number of nitrogen functional groups attached to an aromatic ring is 1. The predicted molar refractivity (Wildman–Crippen MR) is 71.9 cm³/mol. The molecule has 0 amide bonds. The number of aldehydes is 1. The molecule has 1 unspecified atom stereocenters. The van der Waals surface area contributed by atoms with Gasteiger partial charge in [0.1, 0.15) is 12.0 Å². The predicted octanol–water partition coefficient (Wildman–Crippen LogP) is 3.38. The molecule has 0 aliphatic carbocycles. The van der Waals surface area contributed by atoms with Crippen molar-refractivity contribution in [1.29, 1.82) is 0 Å². The van der Waals surface area contributed by atoms with Crippen molar-refractivity contribution in [2.24, 2.45) is 5.92 Å². The maximum absolute atomic E-state index is 10.2. The summed E-state index contributed by atoms with van der Waals surface area (Å²) in [6.07, 6.45) is 5.55. The molecule has 96 valence electrons. The minimum Gasteiger partial charge on any atom is -0.506 e. The van der Waals surface area contributed by atoms with Crippen LogP contribution in [0.3, 0.4) is 0 Å². The van der Waals surface area contributed by atoms with E-state index in [-0.39, 0.29) is 5.75 Å². The topological polar surface area (TPSA) is 63.3 Å². The molecule has 3 N–H and O–H groups in total. The molecule has 0 spiro atoms. The smallest absolute Gasteiger partial charge is 0.138 e. The van der Waals surface area contributed by atoms with Gasteiger partial charge >= 0.3 is 0 Å². The minimum absolute atomic E-state index is 0.146. The maximum atomic E-state index is 10.2. The van der Waals surface area contributed by atoms with Crippen LogP contribution in [0, 0.1) is 5.92 Å². The van der Waals surface area contributed by atoms with Crippen molar-refractivity contribution in [1.82, 2.24) is 0 Å². The molecule has 1 atom stereocenters. The molecule has 0 aliphatic heterocycles. The van der Waals surface area contributed by atoms with E-state index in [0.29, 0.717) is 11.6 Å². The molecule has 1 aromatic rings. The molecule has 3 nitrogen and oxygen atoms in total. The number of phenolic OH excluding ortho intramolecular Hbond substituents is 1. The van der Waals surface area contributed by atoms with Gasteiger partial charge < -0.3 is 15.6 Å². The van der Waals surface area contributed by atoms with Gasteiger partial charge in [-0.15, -0.1) is 0 Å². The Balaban J connectivity index is 0.000000302. The second-order valence-corrected chi connectivity index (χ2v) is 4.01. The van der Waals surface area contributed by atoms with E-state index < -0.39 is 0 Å². The average Bonchev–Trinajstić information content (AvgIpc) is 2.35. The molecule has 0 saturated heterocycles. The summed E-state index contributed by atoms with van der Waals surface area (Å²) in [5.41, 5.74) is 5.69. The first-order chi connectivity index (χ1) is 8.15. The number of phenols is 1. The number of hydrogen-bond acceptors (Lipinski definition) is 3. The molecule has 1 aromatic carbocycles. The molecule has 0 heterocycles. The zero-order valence-corrected chi connectivity index (χ0v) is 10.7. The van der Waals surface area contributed by atoms with Crippen LogP contribution in [0.15, 0.2) is 24.3 Å². The third kappa shape index (κ3) is 7.39. The standard InChI is InChI=1S/C8H16O.C6H7NO/c1-3-5-6-8(4-2)7-9;7-5-3-1-2-4-6(5)8/h7-8H,3-6H2,1-2H3;1-4,8H,7H2. The Hall–Kier alpha value is -1.51. The molecule has 0 radical (unpaired) electrons. The summed E-state index contributed by atoms with van der Waals surface area (Å²) in [5.74, 6) is 0.470.